The summed E-state index contributed by atoms with van der Waals surface area (Å²) in [6.07, 6.45) is 1.04. The van der Waals surface area contributed by atoms with E-state index < -0.39 is 11.7 Å². The van der Waals surface area contributed by atoms with E-state index >= 15 is 0 Å². The first kappa shape index (κ1) is 21.9. The zero-order valence-corrected chi connectivity index (χ0v) is 17.9. The molecule has 1 amide bonds. The summed E-state index contributed by atoms with van der Waals surface area (Å²) in [5, 5.41) is 3.38. The van der Waals surface area contributed by atoms with Crippen LogP contribution in [0.3, 0.4) is 0 Å². The number of anilines is 1. The normalized spacial score (nSPS) is 23.8. The van der Waals surface area contributed by atoms with Crippen molar-refractivity contribution in [2.24, 2.45) is 11.8 Å². The van der Waals surface area contributed by atoms with Gasteiger partial charge in [-0.2, -0.15) is 13.2 Å². The van der Waals surface area contributed by atoms with Crippen LogP contribution in [0.4, 0.5) is 19.0 Å². The number of amides is 1. The maximum atomic E-state index is 13.0. The Morgan fingerprint density at radius 3 is 2.65 bits per heavy atom. The number of fused-ring (bicyclic) bond motifs is 2. The molecule has 1 aliphatic carbocycles. The van der Waals surface area contributed by atoms with Gasteiger partial charge in [0.05, 0.1) is 17.2 Å². The lowest BCUT2D eigenvalue weighted by Gasteiger charge is -2.38. The maximum absolute atomic E-state index is 13.0. The van der Waals surface area contributed by atoms with E-state index in [1.807, 2.05) is 6.92 Å². The molecule has 2 heterocycles. The topological polar surface area (TPSA) is 51.2 Å². The van der Waals surface area contributed by atoms with Crippen molar-refractivity contribution in [2.75, 3.05) is 11.9 Å². The minimum Gasteiger partial charge on any atom is -0.492 e. The SMILES string of the molecule is CC[C@@H](C(=O)Nc1ccc(Cl)cn1)C1CCC2(CC1)COc1cc(C(F)(F)F)ccc12. The molecule has 0 saturated heterocycles. The number of alkyl halides is 3. The summed E-state index contributed by atoms with van der Waals surface area (Å²) in [6.45, 7) is 2.39. The summed E-state index contributed by atoms with van der Waals surface area (Å²) >= 11 is 5.84. The second kappa shape index (κ2) is 8.34. The fourth-order valence-corrected chi connectivity index (χ4v) is 5.07. The van der Waals surface area contributed by atoms with Gasteiger partial charge >= 0.3 is 6.18 Å². The smallest absolute Gasteiger partial charge is 0.416 e. The first-order valence-corrected chi connectivity index (χ1v) is 10.9. The molecule has 8 heteroatoms. The molecular weight excluding hydrogens is 429 g/mol. The average molecular weight is 453 g/mol. The average Bonchev–Trinajstić information content (AvgIpc) is 3.09. The number of carbonyl (C=O) groups is 1. The summed E-state index contributed by atoms with van der Waals surface area (Å²) in [5.74, 6) is 0.812. The molecule has 1 spiro atoms. The lowest BCUT2D eigenvalue weighted by Crippen LogP contribution is -2.38. The summed E-state index contributed by atoms with van der Waals surface area (Å²) < 4.78 is 44.7. The van der Waals surface area contributed by atoms with Gasteiger partial charge in [0.25, 0.3) is 0 Å². The van der Waals surface area contributed by atoms with Crippen molar-refractivity contribution in [3.8, 4) is 5.75 Å². The van der Waals surface area contributed by atoms with Gasteiger partial charge in [-0.15, -0.1) is 0 Å². The van der Waals surface area contributed by atoms with Crippen molar-refractivity contribution in [3.05, 3.63) is 52.7 Å². The van der Waals surface area contributed by atoms with Crippen LogP contribution in [0.15, 0.2) is 36.5 Å². The van der Waals surface area contributed by atoms with Crippen LogP contribution < -0.4 is 10.1 Å². The summed E-state index contributed by atoms with van der Waals surface area (Å²) in [5.41, 5.74) is -0.0834. The molecule has 4 nitrogen and oxygen atoms in total. The predicted octanol–water partition coefficient (Wildman–Crippen LogP) is 6.24. The Hall–Kier alpha value is -2.28. The highest BCUT2D eigenvalue weighted by Crippen LogP contribution is 2.51. The third-order valence-electron chi connectivity index (χ3n) is 6.70. The largest absolute Gasteiger partial charge is 0.492 e. The molecule has 166 valence electrons. The van der Waals surface area contributed by atoms with Crippen LogP contribution in [0.5, 0.6) is 5.75 Å². The van der Waals surface area contributed by atoms with E-state index in [4.69, 9.17) is 16.3 Å². The van der Waals surface area contributed by atoms with Gasteiger partial charge < -0.3 is 10.1 Å². The van der Waals surface area contributed by atoms with Crippen molar-refractivity contribution < 1.29 is 22.7 Å². The van der Waals surface area contributed by atoms with E-state index in [1.54, 1.807) is 18.2 Å². The van der Waals surface area contributed by atoms with Crippen LogP contribution in [0.2, 0.25) is 5.02 Å². The number of nitrogens with one attached hydrogen (secondary N) is 1. The number of pyridine rings is 1. The Kier molecular flexibility index (Phi) is 5.90. The van der Waals surface area contributed by atoms with E-state index in [1.165, 1.54) is 6.20 Å². The molecule has 0 radical (unpaired) electrons. The Morgan fingerprint density at radius 2 is 2.03 bits per heavy atom. The molecule has 1 saturated carbocycles. The molecule has 1 aromatic heterocycles. The van der Waals surface area contributed by atoms with Crippen molar-refractivity contribution in [3.63, 3.8) is 0 Å². The summed E-state index contributed by atoms with van der Waals surface area (Å²) in [7, 11) is 0. The van der Waals surface area contributed by atoms with Crippen molar-refractivity contribution in [2.45, 2.75) is 50.6 Å². The Bertz CT molecular complexity index is 954. The van der Waals surface area contributed by atoms with Gasteiger partial charge in [0.2, 0.25) is 5.91 Å². The standard InChI is InChI=1S/C23H24ClF3N2O2/c1-2-17(21(30)29-20-6-4-16(24)12-28-20)14-7-9-22(10-8-14)13-31-19-11-15(23(25,26)27)3-5-18(19)22/h3-6,11-12,14,17H,2,7-10,13H2,1H3,(H,28,29,30)/t14?,17-,22?/m1/s1. The fourth-order valence-electron chi connectivity index (χ4n) is 4.96. The number of hydrogen-bond donors (Lipinski definition) is 1. The monoisotopic (exact) mass is 452 g/mol. The number of carbonyl (C=O) groups excluding carboxylic acids is 1. The molecule has 0 unspecified atom stereocenters. The van der Waals surface area contributed by atoms with Crippen LogP contribution in [0, 0.1) is 11.8 Å². The lowest BCUT2D eigenvalue weighted by molar-refractivity contribution is -0.137. The highest BCUT2D eigenvalue weighted by atomic mass is 35.5. The van der Waals surface area contributed by atoms with Gasteiger partial charge in [-0.05, 0) is 62.3 Å². The zero-order valence-electron chi connectivity index (χ0n) is 17.1. The van der Waals surface area contributed by atoms with Gasteiger partial charge in [0, 0.05) is 23.1 Å². The van der Waals surface area contributed by atoms with E-state index in [2.05, 4.69) is 10.3 Å². The lowest BCUT2D eigenvalue weighted by atomic mass is 9.65. The third-order valence-corrected chi connectivity index (χ3v) is 6.92. The van der Waals surface area contributed by atoms with E-state index in [-0.39, 0.29) is 23.2 Å². The van der Waals surface area contributed by atoms with Gasteiger partial charge in [0.1, 0.15) is 11.6 Å². The molecule has 2 aliphatic rings. The van der Waals surface area contributed by atoms with Crippen molar-refractivity contribution in [1.29, 1.82) is 0 Å². The first-order chi connectivity index (χ1) is 14.7. The molecule has 0 bridgehead atoms. The molecule has 4 rings (SSSR count). The van der Waals surface area contributed by atoms with Gasteiger partial charge in [0.15, 0.2) is 0 Å². The molecule has 31 heavy (non-hydrogen) atoms. The first-order valence-electron chi connectivity index (χ1n) is 10.5. The molecule has 2 aromatic rings. The van der Waals surface area contributed by atoms with Crippen LogP contribution in [-0.2, 0) is 16.4 Å². The Labute approximate surface area is 184 Å². The molecule has 1 aliphatic heterocycles. The summed E-state index contributed by atoms with van der Waals surface area (Å²) in [6, 6.07) is 7.17. The number of halogens is 4. The number of hydrogen-bond acceptors (Lipinski definition) is 3. The predicted molar refractivity (Wildman–Crippen MR) is 112 cm³/mol. The van der Waals surface area contributed by atoms with Crippen LogP contribution in [0.1, 0.15) is 50.2 Å². The second-order valence-electron chi connectivity index (χ2n) is 8.48. The Balaban J connectivity index is 1.43. The van der Waals surface area contributed by atoms with E-state index in [0.717, 1.165) is 43.4 Å². The molecule has 1 atom stereocenters. The highest BCUT2D eigenvalue weighted by molar-refractivity contribution is 6.30. The minimum atomic E-state index is -4.38. The van der Waals surface area contributed by atoms with Crippen LogP contribution >= 0.6 is 11.6 Å². The van der Waals surface area contributed by atoms with Crippen LogP contribution in [0.25, 0.3) is 0 Å². The van der Waals surface area contributed by atoms with Gasteiger partial charge in [-0.1, -0.05) is 24.6 Å². The molecular formula is C23H24ClF3N2O2. The number of aromatic nitrogens is 1. The molecule has 1 fully saturated rings. The number of rotatable bonds is 4. The van der Waals surface area contributed by atoms with Crippen molar-refractivity contribution in [1.82, 2.24) is 4.98 Å². The third kappa shape index (κ3) is 4.38. The number of ether oxygens (including phenoxy) is 1. The Morgan fingerprint density at radius 1 is 1.29 bits per heavy atom. The number of nitrogens with zero attached hydrogens (tertiary/aromatic N) is 1. The molecule has 1 N–H and O–H groups in total. The highest BCUT2D eigenvalue weighted by Gasteiger charge is 2.46. The second-order valence-corrected chi connectivity index (χ2v) is 8.92. The van der Waals surface area contributed by atoms with E-state index in [0.29, 0.717) is 29.6 Å². The molecule has 1 aromatic carbocycles. The quantitative estimate of drug-likeness (QED) is 0.597. The minimum absolute atomic E-state index is 0.0591. The zero-order chi connectivity index (χ0) is 22.2. The van der Waals surface area contributed by atoms with Crippen molar-refractivity contribution >= 4 is 23.3 Å². The number of benzene rings is 1. The maximum Gasteiger partial charge on any atom is 0.416 e. The van der Waals surface area contributed by atoms with Gasteiger partial charge in [-0.25, -0.2) is 4.98 Å². The van der Waals surface area contributed by atoms with E-state index in [9.17, 15) is 18.0 Å². The van der Waals surface area contributed by atoms with Crippen LogP contribution in [-0.4, -0.2) is 17.5 Å². The summed E-state index contributed by atoms with van der Waals surface area (Å²) in [4.78, 5) is 17.0. The fraction of sp³-hybridized carbons (Fsp3) is 0.478. The van der Waals surface area contributed by atoms with Gasteiger partial charge in [-0.3, -0.25) is 4.79 Å².